The van der Waals surface area contributed by atoms with Crippen LogP contribution in [0, 0.1) is 11.8 Å². The highest BCUT2D eigenvalue weighted by molar-refractivity contribution is 5.85. The van der Waals surface area contributed by atoms with E-state index >= 15 is 0 Å². The van der Waals surface area contributed by atoms with E-state index in [4.69, 9.17) is 4.74 Å². The van der Waals surface area contributed by atoms with Crippen molar-refractivity contribution in [2.45, 2.75) is 44.2 Å². The molecule has 122 valence electrons. The lowest BCUT2D eigenvalue weighted by molar-refractivity contribution is -0.143. The van der Waals surface area contributed by atoms with Crippen LogP contribution in [-0.4, -0.2) is 37.1 Å². The Bertz CT molecular complexity index is 493. The van der Waals surface area contributed by atoms with Gasteiger partial charge in [-0.25, -0.2) is 0 Å². The number of fused-ring (bicyclic) bond motifs is 2. The van der Waals surface area contributed by atoms with E-state index in [-0.39, 0.29) is 18.4 Å². The van der Waals surface area contributed by atoms with E-state index < -0.39 is 0 Å². The average molecular weight is 324 g/mol. The van der Waals surface area contributed by atoms with Gasteiger partial charge >= 0.3 is 5.97 Å². The highest BCUT2D eigenvalue weighted by atomic mass is 35.5. The summed E-state index contributed by atoms with van der Waals surface area (Å²) in [4.78, 5) is 14.3. The Kier molecular flexibility index (Phi) is 5.87. The van der Waals surface area contributed by atoms with Crippen LogP contribution in [0.2, 0.25) is 0 Å². The summed E-state index contributed by atoms with van der Waals surface area (Å²) in [6.45, 7) is 0. The number of carbonyl (C=O) groups is 1. The summed E-state index contributed by atoms with van der Waals surface area (Å²) >= 11 is 0. The van der Waals surface area contributed by atoms with E-state index in [9.17, 15) is 4.79 Å². The number of hydrogen-bond donors (Lipinski definition) is 0. The van der Waals surface area contributed by atoms with E-state index in [1.54, 1.807) is 0 Å². The Morgan fingerprint density at radius 2 is 2.00 bits per heavy atom. The molecule has 0 radical (unpaired) electrons. The van der Waals surface area contributed by atoms with Gasteiger partial charge in [0, 0.05) is 12.1 Å². The van der Waals surface area contributed by atoms with Crippen LogP contribution >= 0.6 is 12.4 Å². The smallest absolute Gasteiger partial charge is 0.305 e. The van der Waals surface area contributed by atoms with Crippen LogP contribution in [-0.2, 0) is 16.0 Å². The van der Waals surface area contributed by atoms with Crippen molar-refractivity contribution >= 4 is 18.4 Å². The second-order valence-corrected chi connectivity index (χ2v) is 6.59. The molecule has 0 saturated carbocycles. The molecule has 4 heteroatoms. The van der Waals surface area contributed by atoms with Gasteiger partial charge in [-0.1, -0.05) is 30.3 Å². The zero-order chi connectivity index (χ0) is 14.8. The van der Waals surface area contributed by atoms with Crippen molar-refractivity contribution in [1.29, 1.82) is 0 Å². The quantitative estimate of drug-likeness (QED) is 0.796. The number of halogens is 1. The molecule has 2 heterocycles. The van der Waals surface area contributed by atoms with Crippen LogP contribution in [0.15, 0.2) is 30.3 Å². The van der Waals surface area contributed by atoms with Crippen LogP contribution in [0.25, 0.3) is 0 Å². The third kappa shape index (κ3) is 3.47. The van der Waals surface area contributed by atoms with Crippen molar-refractivity contribution in [3.8, 4) is 0 Å². The van der Waals surface area contributed by atoms with Gasteiger partial charge in [0.15, 0.2) is 0 Å². The minimum absolute atomic E-state index is 0. The SMILES string of the molecule is COC(=O)CC1C(Cc2ccccc2)CC2CCC1N2C.Cl. The first-order valence-electron chi connectivity index (χ1n) is 8.01. The number of methoxy groups -OCH3 is 1. The lowest BCUT2D eigenvalue weighted by atomic mass is 9.75. The number of carbonyl (C=O) groups excluding carboxylic acids is 1. The molecule has 2 aliphatic rings. The Labute approximate surface area is 139 Å². The number of hydrogen-bond acceptors (Lipinski definition) is 3. The molecule has 3 nitrogen and oxygen atoms in total. The second kappa shape index (κ2) is 7.47. The molecule has 0 amide bonds. The minimum atomic E-state index is -0.0585. The molecule has 2 fully saturated rings. The minimum Gasteiger partial charge on any atom is -0.469 e. The molecule has 2 bridgehead atoms. The number of nitrogens with zero attached hydrogens (tertiary/aromatic N) is 1. The molecule has 22 heavy (non-hydrogen) atoms. The largest absolute Gasteiger partial charge is 0.469 e. The van der Waals surface area contributed by atoms with Crippen LogP contribution in [0.5, 0.6) is 0 Å². The van der Waals surface area contributed by atoms with Gasteiger partial charge in [-0.3, -0.25) is 4.79 Å². The number of rotatable bonds is 4. The predicted molar refractivity (Wildman–Crippen MR) is 90.2 cm³/mol. The normalized spacial score (nSPS) is 30.6. The van der Waals surface area contributed by atoms with Crippen LogP contribution in [0.4, 0.5) is 0 Å². The number of benzene rings is 1. The fraction of sp³-hybridized carbons (Fsp3) is 0.611. The maximum absolute atomic E-state index is 11.8. The number of esters is 1. The highest BCUT2D eigenvalue weighted by Gasteiger charge is 2.45. The van der Waals surface area contributed by atoms with Crippen molar-refractivity contribution in [3.63, 3.8) is 0 Å². The lowest BCUT2D eigenvalue weighted by Gasteiger charge is -2.43. The van der Waals surface area contributed by atoms with E-state index in [0.717, 1.165) is 6.42 Å². The van der Waals surface area contributed by atoms with Crippen molar-refractivity contribution < 1.29 is 9.53 Å². The molecule has 0 aliphatic carbocycles. The van der Waals surface area contributed by atoms with E-state index in [1.165, 1.54) is 31.9 Å². The standard InChI is InChI=1S/C18H25NO2.ClH/c1-19-15-8-9-17(19)16(12-18(20)21-2)14(11-15)10-13-6-4-3-5-7-13;/h3-7,14-17H,8-12H2,1-2H3;1H. The van der Waals surface area contributed by atoms with Gasteiger partial charge in [-0.05, 0) is 50.1 Å². The second-order valence-electron chi connectivity index (χ2n) is 6.59. The summed E-state index contributed by atoms with van der Waals surface area (Å²) < 4.78 is 4.94. The Hall–Kier alpha value is -1.06. The molecular formula is C18H26ClNO2. The Balaban J connectivity index is 0.00000176. The molecule has 1 aromatic rings. The highest BCUT2D eigenvalue weighted by Crippen LogP contribution is 2.44. The van der Waals surface area contributed by atoms with Gasteiger partial charge < -0.3 is 9.64 Å². The number of ether oxygens (including phenoxy) is 1. The van der Waals surface area contributed by atoms with Crippen molar-refractivity contribution in [2.24, 2.45) is 11.8 Å². The first-order valence-corrected chi connectivity index (χ1v) is 8.01. The van der Waals surface area contributed by atoms with Gasteiger partial charge in [0.2, 0.25) is 0 Å². The summed E-state index contributed by atoms with van der Waals surface area (Å²) in [7, 11) is 3.73. The fourth-order valence-corrected chi connectivity index (χ4v) is 4.41. The van der Waals surface area contributed by atoms with Crippen LogP contribution < -0.4 is 0 Å². The molecule has 3 rings (SSSR count). The molecule has 0 N–H and O–H groups in total. The molecule has 1 aromatic carbocycles. The molecule has 2 saturated heterocycles. The van der Waals surface area contributed by atoms with Gasteiger partial charge in [0.05, 0.1) is 13.5 Å². The zero-order valence-electron chi connectivity index (χ0n) is 13.4. The summed E-state index contributed by atoms with van der Waals surface area (Å²) in [6, 6.07) is 11.9. The van der Waals surface area contributed by atoms with E-state index in [1.807, 2.05) is 0 Å². The average Bonchev–Trinajstić information content (AvgIpc) is 2.75. The van der Waals surface area contributed by atoms with Gasteiger partial charge in [-0.15, -0.1) is 12.4 Å². The topological polar surface area (TPSA) is 29.5 Å². The van der Waals surface area contributed by atoms with Gasteiger partial charge in [0.25, 0.3) is 0 Å². The molecule has 2 aliphatic heterocycles. The fourth-order valence-electron chi connectivity index (χ4n) is 4.41. The lowest BCUT2D eigenvalue weighted by Crippen LogP contribution is -2.47. The van der Waals surface area contributed by atoms with Crippen molar-refractivity contribution in [3.05, 3.63) is 35.9 Å². The third-order valence-corrected chi connectivity index (χ3v) is 5.54. The van der Waals surface area contributed by atoms with Crippen molar-refractivity contribution in [2.75, 3.05) is 14.2 Å². The monoisotopic (exact) mass is 323 g/mol. The first-order chi connectivity index (χ1) is 10.2. The van der Waals surface area contributed by atoms with Gasteiger partial charge in [0.1, 0.15) is 0 Å². The van der Waals surface area contributed by atoms with Crippen LogP contribution in [0.1, 0.15) is 31.2 Å². The maximum Gasteiger partial charge on any atom is 0.305 e. The van der Waals surface area contributed by atoms with E-state index in [2.05, 4.69) is 42.3 Å². The first kappa shape index (κ1) is 17.3. The Morgan fingerprint density at radius 1 is 1.27 bits per heavy atom. The molecule has 0 spiro atoms. The summed E-state index contributed by atoms with van der Waals surface area (Å²) in [6.07, 6.45) is 5.38. The molecular weight excluding hydrogens is 298 g/mol. The zero-order valence-corrected chi connectivity index (χ0v) is 14.2. The summed E-state index contributed by atoms with van der Waals surface area (Å²) in [5.41, 5.74) is 1.39. The summed E-state index contributed by atoms with van der Waals surface area (Å²) in [5.74, 6) is 0.971. The molecule has 4 unspecified atom stereocenters. The van der Waals surface area contributed by atoms with Crippen LogP contribution in [0.3, 0.4) is 0 Å². The van der Waals surface area contributed by atoms with E-state index in [0.29, 0.717) is 30.3 Å². The maximum atomic E-state index is 11.8. The molecule has 4 atom stereocenters. The summed E-state index contributed by atoms with van der Waals surface area (Å²) in [5, 5.41) is 0. The van der Waals surface area contributed by atoms with Gasteiger partial charge in [-0.2, -0.15) is 0 Å². The van der Waals surface area contributed by atoms with Crippen molar-refractivity contribution in [1.82, 2.24) is 4.90 Å². The predicted octanol–water partition coefficient (Wildman–Crippen LogP) is 3.31. The number of piperidine rings is 1. The molecule has 0 aromatic heterocycles. The Morgan fingerprint density at radius 3 is 2.68 bits per heavy atom. The third-order valence-electron chi connectivity index (χ3n) is 5.54.